The number of rotatable bonds is 4. The predicted molar refractivity (Wildman–Crippen MR) is 61.9 cm³/mol. The molecule has 0 aliphatic heterocycles. The van der Waals surface area contributed by atoms with E-state index in [0.717, 1.165) is 5.92 Å². The quantitative estimate of drug-likeness (QED) is 0.625. The van der Waals surface area contributed by atoms with E-state index in [1.807, 2.05) is 0 Å². The highest BCUT2D eigenvalue weighted by molar-refractivity contribution is 5.24. The summed E-state index contributed by atoms with van der Waals surface area (Å²) in [6.07, 6.45) is 20.6. The van der Waals surface area contributed by atoms with Crippen molar-refractivity contribution in [3.05, 3.63) is 48.6 Å². The van der Waals surface area contributed by atoms with Gasteiger partial charge in [0.25, 0.3) is 0 Å². The van der Waals surface area contributed by atoms with Crippen LogP contribution in [0.4, 0.5) is 0 Å². The molecule has 0 radical (unpaired) electrons. The van der Waals surface area contributed by atoms with Gasteiger partial charge in [0.15, 0.2) is 0 Å². The van der Waals surface area contributed by atoms with Gasteiger partial charge in [0.05, 0.1) is 0 Å². The Bertz CT molecular complexity index is 239. The van der Waals surface area contributed by atoms with Crippen LogP contribution < -0.4 is 0 Å². The lowest BCUT2D eigenvalue weighted by atomic mass is 9.80. The highest BCUT2D eigenvalue weighted by atomic mass is 14.3. The summed E-state index contributed by atoms with van der Waals surface area (Å²) >= 11 is 0. The second-order valence-corrected chi connectivity index (χ2v) is 4.15. The van der Waals surface area contributed by atoms with Gasteiger partial charge in [-0.1, -0.05) is 62.0 Å². The third-order valence-electron chi connectivity index (χ3n) is 3.17. The molecule has 0 heteroatoms. The van der Waals surface area contributed by atoms with Crippen LogP contribution in [0.15, 0.2) is 48.6 Å². The summed E-state index contributed by atoms with van der Waals surface area (Å²) in [5.41, 5.74) is 0. The van der Waals surface area contributed by atoms with E-state index in [9.17, 15) is 0 Å². The van der Waals surface area contributed by atoms with E-state index in [4.69, 9.17) is 0 Å². The topological polar surface area (TPSA) is 0 Å². The van der Waals surface area contributed by atoms with E-state index in [1.54, 1.807) is 0 Å². The van der Waals surface area contributed by atoms with Crippen molar-refractivity contribution >= 4 is 0 Å². The van der Waals surface area contributed by atoms with Crippen LogP contribution in [0.5, 0.6) is 0 Å². The first-order chi connectivity index (χ1) is 6.92. The maximum Gasteiger partial charge on any atom is -0.00103 e. The van der Waals surface area contributed by atoms with Crippen LogP contribution in [-0.4, -0.2) is 0 Å². The molecule has 0 aromatic heterocycles. The van der Waals surface area contributed by atoms with Gasteiger partial charge in [-0.2, -0.15) is 0 Å². The Morgan fingerprint density at radius 2 is 1.29 bits per heavy atom. The minimum absolute atomic E-state index is 0.660. The first-order valence-electron chi connectivity index (χ1n) is 5.62. The van der Waals surface area contributed by atoms with Crippen molar-refractivity contribution in [3.8, 4) is 0 Å². The fraction of sp³-hybridized carbons (Fsp3) is 0.429. The third kappa shape index (κ3) is 1.89. The maximum absolute atomic E-state index is 2.33. The van der Waals surface area contributed by atoms with Crippen LogP contribution in [-0.2, 0) is 0 Å². The molecule has 0 fully saturated rings. The highest BCUT2D eigenvalue weighted by Gasteiger charge is 2.24. The van der Waals surface area contributed by atoms with Crippen molar-refractivity contribution in [2.75, 3.05) is 0 Å². The van der Waals surface area contributed by atoms with Gasteiger partial charge in [0.2, 0.25) is 0 Å². The lowest BCUT2D eigenvalue weighted by molar-refractivity contribution is 0.365. The zero-order valence-electron chi connectivity index (χ0n) is 8.77. The van der Waals surface area contributed by atoms with Crippen molar-refractivity contribution in [1.29, 1.82) is 0 Å². The Morgan fingerprint density at radius 1 is 0.857 bits per heavy atom. The van der Waals surface area contributed by atoms with Crippen molar-refractivity contribution in [3.63, 3.8) is 0 Å². The van der Waals surface area contributed by atoms with E-state index in [2.05, 4.69) is 55.5 Å². The molecule has 0 saturated heterocycles. The Hall–Kier alpha value is -1.04. The summed E-state index contributed by atoms with van der Waals surface area (Å²) in [4.78, 5) is 0. The molecule has 0 aromatic rings. The Morgan fingerprint density at radius 3 is 1.64 bits per heavy atom. The molecule has 2 aliphatic rings. The molecule has 0 unspecified atom stereocenters. The maximum atomic E-state index is 2.33. The molecule has 0 amide bonds. The largest absolute Gasteiger partial charge is 0.0773 e. The minimum Gasteiger partial charge on any atom is -0.0773 e. The van der Waals surface area contributed by atoms with Gasteiger partial charge in [-0.3, -0.25) is 0 Å². The van der Waals surface area contributed by atoms with Gasteiger partial charge in [0.1, 0.15) is 0 Å². The molecule has 0 saturated carbocycles. The van der Waals surface area contributed by atoms with Crippen molar-refractivity contribution in [1.82, 2.24) is 0 Å². The summed E-state index contributed by atoms with van der Waals surface area (Å²) in [6.45, 7) is 2.28. The molecule has 14 heavy (non-hydrogen) atoms. The van der Waals surface area contributed by atoms with Crippen molar-refractivity contribution in [2.24, 2.45) is 17.8 Å². The lowest BCUT2D eigenvalue weighted by Gasteiger charge is -2.24. The molecule has 0 spiro atoms. The molecule has 0 atom stereocenters. The van der Waals surface area contributed by atoms with E-state index in [0.29, 0.717) is 11.8 Å². The lowest BCUT2D eigenvalue weighted by Crippen LogP contribution is -2.17. The van der Waals surface area contributed by atoms with Crippen LogP contribution in [0, 0.1) is 17.8 Å². The predicted octanol–water partition coefficient (Wildman–Crippen LogP) is 3.89. The molecule has 0 N–H and O–H groups in total. The van der Waals surface area contributed by atoms with Crippen LogP contribution in [0.3, 0.4) is 0 Å². The van der Waals surface area contributed by atoms with Gasteiger partial charge in [-0.15, -0.1) is 0 Å². The van der Waals surface area contributed by atoms with E-state index in [-0.39, 0.29) is 0 Å². The monoisotopic (exact) mass is 186 g/mol. The molecule has 74 valence electrons. The average Bonchev–Trinajstić information content (AvgIpc) is 2.87. The normalized spacial score (nSPS) is 20.7. The second kappa shape index (κ2) is 4.45. The molecule has 0 aromatic carbocycles. The molecular weight excluding hydrogens is 168 g/mol. The van der Waals surface area contributed by atoms with Crippen LogP contribution >= 0.6 is 0 Å². The molecule has 2 rings (SSSR count). The second-order valence-electron chi connectivity index (χ2n) is 4.15. The number of allylic oxidation sites excluding steroid dienone is 8. The van der Waals surface area contributed by atoms with Crippen molar-refractivity contribution < 1.29 is 0 Å². The molecule has 2 aliphatic carbocycles. The first-order valence-corrected chi connectivity index (χ1v) is 5.62. The Balaban J connectivity index is 2.06. The highest BCUT2D eigenvalue weighted by Crippen LogP contribution is 2.33. The molecule has 0 bridgehead atoms. The van der Waals surface area contributed by atoms with Gasteiger partial charge >= 0.3 is 0 Å². The number of hydrogen-bond acceptors (Lipinski definition) is 0. The number of hydrogen-bond donors (Lipinski definition) is 0. The molecule has 0 nitrogen and oxygen atoms in total. The fourth-order valence-corrected chi connectivity index (χ4v) is 2.44. The molecular formula is C14H18. The van der Waals surface area contributed by atoms with Gasteiger partial charge in [-0.05, 0) is 24.2 Å². The third-order valence-corrected chi connectivity index (χ3v) is 3.17. The van der Waals surface area contributed by atoms with Crippen molar-refractivity contribution in [2.45, 2.75) is 19.8 Å². The fourth-order valence-electron chi connectivity index (χ4n) is 2.44. The van der Waals surface area contributed by atoms with Gasteiger partial charge in [0, 0.05) is 0 Å². The van der Waals surface area contributed by atoms with E-state index < -0.39 is 0 Å². The summed E-state index contributed by atoms with van der Waals surface area (Å²) < 4.78 is 0. The summed E-state index contributed by atoms with van der Waals surface area (Å²) in [7, 11) is 0. The SMILES string of the molecule is CCCC(C1C=CC=C1)C1C=CC=C1. The smallest absolute Gasteiger partial charge is 0.00103 e. The average molecular weight is 186 g/mol. The van der Waals surface area contributed by atoms with Crippen LogP contribution in [0.25, 0.3) is 0 Å². The summed E-state index contributed by atoms with van der Waals surface area (Å²) in [5.74, 6) is 2.09. The van der Waals surface area contributed by atoms with Crippen LogP contribution in [0.2, 0.25) is 0 Å². The van der Waals surface area contributed by atoms with E-state index >= 15 is 0 Å². The zero-order valence-corrected chi connectivity index (χ0v) is 8.77. The first kappa shape index (κ1) is 9.51. The molecule has 0 heterocycles. The van der Waals surface area contributed by atoms with E-state index in [1.165, 1.54) is 12.8 Å². The zero-order chi connectivity index (χ0) is 9.80. The Kier molecular flexibility index (Phi) is 3.03. The minimum atomic E-state index is 0.660. The summed E-state index contributed by atoms with van der Waals surface area (Å²) in [5, 5.41) is 0. The summed E-state index contributed by atoms with van der Waals surface area (Å²) in [6, 6.07) is 0. The van der Waals surface area contributed by atoms with Gasteiger partial charge < -0.3 is 0 Å². The standard InChI is InChI=1S/C14H18/c1-2-7-14(12-8-3-4-9-12)13-10-5-6-11-13/h3-6,8-14H,2,7H2,1H3. The Labute approximate surface area is 86.7 Å². The van der Waals surface area contributed by atoms with Gasteiger partial charge in [-0.25, -0.2) is 0 Å². The van der Waals surface area contributed by atoms with Crippen LogP contribution in [0.1, 0.15) is 19.8 Å².